The quantitative estimate of drug-likeness (QED) is 0.847. The highest BCUT2D eigenvalue weighted by Gasteiger charge is 2.29. The maximum Gasteiger partial charge on any atom is 0.416 e. The van der Waals surface area contributed by atoms with Crippen LogP contribution in [0.2, 0.25) is 5.28 Å². The molecule has 0 spiro atoms. The molecule has 0 saturated heterocycles. The number of benzene rings is 1. The van der Waals surface area contributed by atoms with Crippen LogP contribution in [0.5, 0.6) is 0 Å². The van der Waals surface area contributed by atoms with Crippen molar-refractivity contribution in [2.45, 2.75) is 6.18 Å². The SMILES string of the molecule is CNc1nc(N)nc(Cl)n1.FC(F)(F)c1ccccc1. The lowest BCUT2D eigenvalue weighted by Gasteiger charge is -2.03. The van der Waals surface area contributed by atoms with Crippen LogP contribution in [-0.2, 0) is 6.18 Å². The number of nitrogens with one attached hydrogen (secondary N) is 1. The molecule has 1 aromatic carbocycles. The minimum atomic E-state index is -4.21. The standard InChI is InChI=1S/C7H5F3.C4H6ClN5/c8-7(9,10)6-4-2-1-3-5-6;1-7-4-9-2(5)8-3(6)10-4/h1-5H;1H3,(H3,6,7,8,9,10). The molecule has 1 aromatic heterocycles. The van der Waals surface area contributed by atoms with E-state index in [2.05, 4.69) is 20.3 Å². The maximum atomic E-state index is 11.8. The van der Waals surface area contributed by atoms with Gasteiger partial charge in [-0.25, -0.2) is 0 Å². The molecule has 9 heteroatoms. The lowest BCUT2D eigenvalue weighted by Crippen LogP contribution is -2.03. The first-order valence-corrected chi connectivity index (χ1v) is 5.67. The summed E-state index contributed by atoms with van der Waals surface area (Å²) in [7, 11) is 1.67. The summed E-state index contributed by atoms with van der Waals surface area (Å²) < 4.78 is 35.4. The Labute approximate surface area is 118 Å². The van der Waals surface area contributed by atoms with E-state index in [1.54, 1.807) is 13.1 Å². The Morgan fingerprint density at radius 2 is 1.70 bits per heavy atom. The molecule has 0 aliphatic carbocycles. The topological polar surface area (TPSA) is 76.7 Å². The van der Waals surface area contributed by atoms with Crippen LogP contribution in [0.4, 0.5) is 25.1 Å². The van der Waals surface area contributed by atoms with E-state index in [0.29, 0.717) is 5.95 Å². The van der Waals surface area contributed by atoms with Crippen LogP contribution in [-0.4, -0.2) is 22.0 Å². The van der Waals surface area contributed by atoms with E-state index in [9.17, 15) is 13.2 Å². The summed E-state index contributed by atoms with van der Waals surface area (Å²) in [6, 6.07) is 6.36. The number of anilines is 2. The van der Waals surface area contributed by atoms with Gasteiger partial charge in [0, 0.05) is 7.05 Å². The molecule has 108 valence electrons. The minimum absolute atomic E-state index is 0.0943. The van der Waals surface area contributed by atoms with Gasteiger partial charge >= 0.3 is 6.18 Å². The second-order valence-corrected chi connectivity index (χ2v) is 3.74. The number of aromatic nitrogens is 3. The number of halogens is 4. The Bertz CT molecular complexity index is 527. The minimum Gasteiger partial charge on any atom is -0.368 e. The van der Waals surface area contributed by atoms with Gasteiger partial charge in [0.25, 0.3) is 0 Å². The lowest BCUT2D eigenvalue weighted by molar-refractivity contribution is -0.137. The molecule has 0 aliphatic rings. The van der Waals surface area contributed by atoms with Crippen molar-refractivity contribution in [1.29, 1.82) is 0 Å². The highest BCUT2D eigenvalue weighted by molar-refractivity contribution is 6.28. The summed E-state index contributed by atoms with van der Waals surface area (Å²) in [5, 5.41) is 2.78. The number of alkyl halides is 3. The van der Waals surface area contributed by atoms with Crippen LogP contribution in [0.15, 0.2) is 30.3 Å². The number of nitrogens with two attached hydrogens (primary N) is 1. The van der Waals surface area contributed by atoms with Crippen LogP contribution in [0.1, 0.15) is 5.56 Å². The maximum absolute atomic E-state index is 11.8. The van der Waals surface area contributed by atoms with Crippen LogP contribution in [0.25, 0.3) is 0 Å². The fourth-order valence-corrected chi connectivity index (χ4v) is 1.27. The molecule has 0 atom stereocenters. The summed E-state index contributed by atoms with van der Waals surface area (Å²) in [6.07, 6.45) is -4.21. The van der Waals surface area contributed by atoms with Gasteiger partial charge in [-0.1, -0.05) is 30.3 Å². The van der Waals surface area contributed by atoms with E-state index in [-0.39, 0.29) is 11.2 Å². The highest BCUT2D eigenvalue weighted by Crippen LogP contribution is 2.28. The van der Waals surface area contributed by atoms with Crippen molar-refractivity contribution in [2.24, 2.45) is 0 Å². The molecule has 2 aromatic rings. The molecule has 3 N–H and O–H groups in total. The molecule has 0 amide bonds. The van der Waals surface area contributed by atoms with Gasteiger partial charge in [-0.05, 0) is 11.6 Å². The molecule has 2 rings (SSSR count). The van der Waals surface area contributed by atoms with Crippen LogP contribution < -0.4 is 11.1 Å². The van der Waals surface area contributed by atoms with E-state index in [1.165, 1.54) is 12.1 Å². The van der Waals surface area contributed by atoms with Gasteiger partial charge in [0.1, 0.15) is 0 Å². The number of nitrogen functional groups attached to an aromatic ring is 1. The molecule has 0 radical (unpaired) electrons. The van der Waals surface area contributed by atoms with Crippen molar-refractivity contribution in [3.8, 4) is 0 Å². The second kappa shape index (κ2) is 6.90. The van der Waals surface area contributed by atoms with Crippen LogP contribution in [0.3, 0.4) is 0 Å². The monoisotopic (exact) mass is 305 g/mol. The fraction of sp³-hybridized carbons (Fsp3) is 0.182. The molecule has 0 aliphatic heterocycles. The second-order valence-electron chi connectivity index (χ2n) is 3.40. The van der Waals surface area contributed by atoms with E-state index < -0.39 is 11.7 Å². The summed E-state index contributed by atoms with van der Waals surface area (Å²) in [6.45, 7) is 0. The first-order valence-electron chi connectivity index (χ1n) is 5.30. The zero-order chi connectivity index (χ0) is 15.2. The number of hydrogen-bond acceptors (Lipinski definition) is 5. The summed E-state index contributed by atoms with van der Waals surface area (Å²) in [5.74, 6) is 0.488. The Morgan fingerprint density at radius 3 is 2.10 bits per heavy atom. The predicted molar refractivity (Wildman–Crippen MR) is 70.2 cm³/mol. The van der Waals surface area contributed by atoms with Gasteiger partial charge in [0.2, 0.25) is 17.2 Å². The number of hydrogen-bond donors (Lipinski definition) is 2. The number of rotatable bonds is 1. The third-order valence-corrected chi connectivity index (χ3v) is 2.12. The molecular weight excluding hydrogens is 295 g/mol. The Balaban J connectivity index is 0.000000200. The molecule has 5 nitrogen and oxygen atoms in total. The first-order chi connectivity index (χ1) is 9.32. The molecule has 20 heavy (non-hydrogen) atoms. The van der Waals surface area contributed by atoms with Gasteiger partial charge in [-0.2, -0.15) is 28.1 Å². The van der Waals surface area contributed by atoms with Crippen LogP contribution >= 0.6 is 11.6 Å². The van der Waals surface area contributed by atoms with Gasteiger partial charge < -0.3 is 11.1 Å². The van der Waals surface area contributed by atoms with Crippen molar-refractivity contribution in [2.75, 3.05) is 18.1 Å². The first kappa shape index (κ1) is 16.0. The Morgan fingerprint density at radius 1 is 1.10 bits per heavy atom. The molecule has 0 bridgehead atoms. The predicted octanol–water partition coefficient (Wildman–Crippen LogP) is 2.85. The normalized spacial score (nSPS) is 10.4. The molecular formula is C11H11ClF3N5. The van der Waals surface area contributed by atoms with E-state index >= 15 is 0 Å². The van der Waals surface area contributed by atoms with Gasteiger partial charge in [0.05, 0.1) is 5.56 Å². The van der Waals surface area contributed by atoms with Gasteiger partial charge in [-0.3, -0.25) is 0 Å². The average Bonchev–Trinajstić information content (AvgIpc) is 2.38. The van der Waals surface area contributed by atoms with Crippen molar-refractivity contribution < 1.29 is 13.2 Å². The van der Waals surface area contributed by atoms with E-state index in [1.807, 2.05) is 0 Å². The third-order valence-electron chi connectivity index (χ3n) is 1.95. The molecule has 0 unspecified atom stereocenters. The Hall–Kier alpha value is -2.09. The molecule has 0 fully saturated rings. The van der Waals surface area contributed by atoms with Crippen molar-refractivity contribution >= 4 is 23.5 Å². The Kier molecular flexibility index (Phi) is 5.51. The van der Waals surface area contributed by atoms with Crippen molar-refractivity contribution in [1.82, 2.24) is 15.0 Å². The fourth-order valence-electron chi connectivity index (χ4n) is 1.10. The van der Waals surface area contributed by atoms with Crippen molar-refractivity contribution in [3.05, 3.63) is 41.2 Å². The van der Waals surface area contributed by atoms with Crippen molar-refractivity contribution in [3.63, 3.8) is 0 Å². The smallest absolute Gasteiger partial charge is 0.368 e. The lowest BCUT2D eigenvalue weighted by atomic mass is 10.2. The van der Waals surface area contributed by atoms with E-state index in [0.717, 1.165) is 12.1 Å². The van der Waals surface area contributed by atoms with Gasteiger partial charge in [0.15, 0.2) is 0 Å². The summed E-state index contributed by atoms with van der Waals surface area (Å²) in [5.41, 5.74) is 4.65. The van der Waals surface area contributed by atoms with Crippen LogP contribution in [0, 0.1) is 0 Å². The van der Waals surface area contributed by atoms with Gasteiger partial charge in [-0.15, -0.1) is 0 Å². The van der Waals surface area contributed by atoms with E-state index in [4.69, 9.17) is 17.3 Å². The number of nitrogens with zero attached hydrogens (tertiary/aromatic N) is 3. The molecule has 1 heterocycles. The zero-order valence-electron chi connectivity index (χ0n) is 10.3. The average molecular weight is 306 g/mol. The third kappa shape index (κ3) is 5.27. The highest BCUT2D eigenvalue weighted by atomic mass is 35.5. The summed E-state index contributed by atoms with van der Waals surface area (Å²) in [4.78, 5) is 11.0. The zero-order valence-corrected chi connectivity index (χ0v) is 11.1. The summed E-state index contributed by atoms with van der Waals surface area (Å²) >= 11 is 5.45. The molecule has 0 saturated carbocycles. The largest absolute Gasteiger partial charge is 0.416 e.